The van der Waals surface area contributed by atoms with Gasteiger partial charge in [-0.3, -0.25) is 14.5 Å². The van der Waals surface area contributed by atoms with Crippen molar-refractivity contribution in [2.45, 2.75) is 20.3 Å². The van der Waals surface area contributed by atoms with Gasteiger partial charge < -0.3 is 9.64 Å². The predicted molar refractivity (Wildman–Crippen MR) is 84.8 cm³/mol. The molecule has 1 aliphatic rings. The maximum Gasteiger partial charge on any atom is 0.320 e. The van der Waals surface area contributed by atoms with E-state index in [1.165, 1.54) is 0 Å². The Morgan fingerprint density at radius 1 is 1.18 bits per heavy atom. The highest BCUT2D eigenvalue weighted by Crippen LogP contribution is 2.11. The van der Waals surface area contributed by atoms with Crippen molar-refractivity contribution < 1.29 is 14.3 Å². The molecule has 1 saturated heterocycles. The van der Waals surface area contributed by atoms with Gasteiger partial charge in [0.05, 0.1) is 13.2 Å². The highest BCUT2D eigenvalue weighted by atomic mass is 16.5. The summed E-state index contributed by atoms with van der Waals surface area (Å²) >= 11 is 0. The summed E-state index contributed by atoms with van der Waals surface area (Å²) < 4.78 is 4.98. The summed E-state index contributed by atoms with van der Waals surface area (Å²) in [7, 11) is 0. The standard InChI is InChI=1S/C17H24N2O3/c1-3-22-16(20)13-18-8-5-9-19(11-10-18)17(21)15-7-4-6-14(2)12-15/h4,6-7,12H,3,5,8-11,13H2,1-2H3. The van der Waals surface area contributed by atoms with Crippen LogP contribution in [0.1, 0.15) is 29.3 Å². The highest BCUT2D eigenvalue weighted by molar-refractivity contribution is 5.94. The van der Waals surface area contributed by atoms with Gasteiger partial charge in [-0.15, -0.1) is 0 Å². The molecule has 0 radical (unpaired) electrons. The second kappa shape index (κ2) is 7.94. The number of benzene rings is 1. The lowest BCUT2D eigenvalue weighted by molar-refractivity contribution is -0.144. The summed E-state index contributed by atoms with van der Waals surface area (Å²) in [6, 6.07) is 7.67. The molecule has 1 heterocycles. The molecule has 2 rings (SSSR count). The zero-order valence-electron chi connectivity index (χ0n) is 13.4. The molecule has 1 amide bonds. The number of rotatable bonds is 4. The lowest BCUT2D eigenvalue weighted by Gasteiger charge is -2.21. The van der Waals surface area contributed by atoms with E-state index in [1.807, 2.05) is 43.0 Å². The van der Waals surface area contributed by atoms with E-state index in [9.17, 15) is 9.59 Å². The maximum absolute atomic E-state index is 12.6. The topological polar surface area (TPSA) is 49.9 Å². The molecule has 0 spiro atoms. The van der Waals surface area contributed by atoms with Crippen molar-refractivity contribution in [1.29, 1.82) is 0 Å². The van der Waals surface area contributed by atoms with Gasteiger partial charge in [-0.2, -0.15) is 0 Å². The van der Waals surface area contributed by atoms with Crippen molar-refractivity contribution in [3.8, 4) is 0 Å². The second-order valence-corrected chi connectivity index (χ2v) is 5.60. The van der Waals surface area contributed by atoms with Gasteiger partial charge in [-0.05, 0) is 32.4 Å². The highest BCUT2D eigenvalue weighted by Gasteiger charge is 2.21. The van der Waals surface area contributed by atoms with Crippen LogP contribution in [0.4, 0.5) is 0 Å². The summed E-state index contributed by atoms with van der Waals surface area (Å²) in [5.41, 5.74) is 1.82. The predicted octanol–water partition coefficient (Wildman–Crippen LogP) is 1.71. The molecule has 0 bridgehead atoms. The van der Waals surface area contributed by atoms with Crippen LogP contribution in [0.2, 0.25) is 0 Å². The zero-order chi connectivity index (χ0) is 15.9. The average molecular weight is 304 g/mol. The summed E-state index contributed by atoms with van der Waals surface area (Å²) in [6.07, 6.45) is 0.872. The van der Waals surface area contributed by atoms with Crippen molar-refractivity contribution in [3.05, 3.63) is 35.4 Å². The van der Waals surface area contributed by atoms with Crippen LogP contribution in [0.3, 0.4) is 0 Å². The number of hydrogen-bond donors (Lipinski definition) is 0. The van der Waals surface area contributed by atoms with Crippen molar-refractivity contribution in [3.63, 3.8) is 0 Å². The molecule has 120 valence electrons. The van der Waals surface area contributed by atoms with Crippen molar-refractivity contribution in [2.24, 2.45) is 0 Å². The Bertz CT molecular complexity index is 530. The Kier molecular flexibility index (Phi) is 5.95. The number of nitrogens with zero attached hydrogens (tertiary/aromatic N) is 2. The molecule has 5 nitrogen and oxygen atoms in total. The second-order valence-electron chi connectivity index (χ2n) is 5.60. The molecular weight excluding hydrogens is 280 g/mol. The molecule has 0 aliphatic carbocycles. The molecule has 22 heavy (non-hydrogen) atoms. The third kappa shape index (κ3) is 4.56. The number of carbonyl (C=O) groups excluding carboxylic acids is 2. The van der Waals surface area contributed by atoms with Gasteiger partial charge in [-0.1, -0.05) is 17.7 Å². The molecule has 1 aromatic rings. The van der Waals surface area contributed by atoms with E-state index >= 15 is 0 Å². The van der Waals surface area contributed by atoms with Gasteiger partial charge in [0.1, 0.15) is 0 Å². The largest absolute Gasteiger partial charge is 0.465 e. The lowest BCUT2D eigenvalue weighted by Crippen LogP contribution is -2.37. The number of hydrogen-bond acceptors (Lipinski definition) is 4. The van der Waals surface area contributed by atoms with Crippen LogP contribution in [0.5, 0.6) is 0 Å². The molecule has 1 aliphatic heterocycles. The smallest absolute Gasteiger partial charge is 0.320 e. The molecule has 0 aromatic heterocycles. The fourth-order valence-corrected chi connectivity index (χ4v) is 2.68. The lowest BCUT2D eigenvalue weighted by atomic mass is 10.1. The normalized spacial score (nSPS) is 16.2. The van der Waals surface area contributed by atoms with Crippen LogP contribution in [-0.4, -0.2) is 61.0 Å². The molecule has 1 fully saturated rings. The van der Waals surface area contributed by atoms with Crippen molar-refractivity contribution >= 4 is 11.9 Å². The summed E-state index contributed by atoms with van der Waals surface area (Å²) in [6.45, 7) is 7.40. The summed E-state index contributed by atoms with van der Waals surface area (Å²) in [5, 5.41) is 0. The maximum atomic E-state index is 12.6. The quantitative estimate of drug-likeness (QED) is 0.795. The Morgan fingerprint density at radius 3 is 2.73 bits per heavy atom. The molecule has 5 heteroatoms. The average Bonchev–Trinajstić information content (AvgIpc) is 2.72. The minimum atomic E-state index is -0.194. The molecule has 0 atom stereocenters. The van der Waals surface area contributed by atoms with Gasteiger partial charge in [0.25, 0.3) is 5.91 Å². The summed E-state index contributed by atoms with van der Waals surface area (Å²) in [4.78, 5) is 28.0. The Balaban J connectivity index is 1.92. The van der Waals surface area contributed by atoms with Crippen LogP contribution >= 0.6 is 0 Å². The first-order chi connectivity index (χ1) is 10.6. The Labute approximate surface area is 131 Å². The minimum Gasteiger partial charge on any atom is -0.465 e. The SMILES string of the molecule is CCOC(=O)CN1CCCN(C(=O)c2cccc(C)c2)CC1. The van der Waals surface area contributed by atoms with Crippen LogP contribution in [0.25, 0.3) is 0 Å². The van der Waals surface area contributed by atoms with E-state index in [-0.39, 0.29) is 11.9 Å². The fraction of sp³-hybridized carbons (Fsp3) is 0.529. The zero-order valence-corrected chi connectivity index (χ0v) is 13.4. The molecule has 0 N–H and O–H groups in total. The summed E-state index contributed by atoms with van der Waals surface area (Å²) in [5.74, 6) is -0.123. The van der Waals surface area contributed by atoms with Gasteiger partial charge in [0.2, 0.25) is 0 Å². The number of amides is 1. The number of carbonyl (C=O) groups is 2. The van der Waals surface area contributed by atoms with E-state index in [2.05, 4.69) is 4.90 Å². The van der Waals surface area contributed by atoms with E-state index in [0.29, 0.717) is 26.2 Å². The number of ether oxygens (including phenoxy) is 1. The van der Waals surface area contributed by atoms with Crippen LogP contribution in [0.15, 0.2) is 24.3 Å². The Morgan fingerprint density at radius 2 is 2.00 bits per heavy atom. The van der Waals surface area contributed by atoms with Crippen LogP contribution < -0.4 is 0 Å². The third-order valence-corrected chi connectivity index (χ3v) is 3.80. The molecule has 0 saturated carbocycles. The number of esters is 1. The van der Waals surface area contributed by atoms with Gasteiger partial charge in [0, 0.05) is 31.7 Å². The van der Waals surface area contributed by atoms with Crippen molar-refractivity contribution in [2.75, 3.05) is 39.3 Å². The van der Waals surface area contributed by atoms with E-state index in [4.69, 9.17) is 4.74 Å². The van der Waals surface area contributed by atoms with Crippen molar-refractivity contribution in [1.82, 2.24) is 9.80 Å². The van der Waals surface area contributed by atoms with Crippen LogP contribution in [0, 0.1) is 6.92 Å². The molecular formula is C17H24N2O3. The van der Waals surface area contributed by atoms with E-state index < -0.39 is 0 Å². The van der Waals surface area contributed by atoms with Crippen LogP contribution in [-0.2, 0) is 9.53 Å². The third-order valence-electron chi connectivity index (χ3n) is 3.80. The fourth-order valence-electron chi connectivity index (χ4n) is 2.68. The van der Waals surface area contributed by atoms with Gasteiger partial charge >= 0.3 is 5.97 Å². The molecule has 1 aromatic carbocycles. The van der Waals surface area contributed by atoms with E-state index in [1.54, 1.807) is 0 Å². The first-order valence-electron chi connectivity index (χ1n) is 7.84. The molecule has 0 unspecified atom stereocenters. The first-order valence-corrected chi connectivity index (χ1v) is 7.84. The van der Waals surface area contributed by atoms with E-state index in [0.717, 1.165) is 30.6 Å². The number of aryl methyl sites for hydroxylation is 1. The first kappa shape index (κ1) is 16.5. The Hall–Kier alpha value is -1.88. The minimum absolute atomic E-state index is 0.0710. The monoisotopic (exact) mass is 304 g/mol. The van der Waals surface area contributed by atoms with Gasteiger partial charge in [0.15, 0.2) is 0 Å². The van der Waals surface area contributed by atoms with Gasteiger partial charge in [-0.25, -0.2) is 0 Å².